The third kappa shape index (κ3) is 7.27. The zero-order valence-electron chi connectivity index (χ0n) is 15.3. The first-order valence-corrected chi connectivity index (χ1v) is 8.04. The molecule has 1 amide bonds. The van der Waals surface area contributed by atoms with Gasteiger partial charge in [0.25, 0.3) is 0 Å². The Kier molecular flexibility index (Phi) is 7.45. The standard InChI is InChI=1S/C18H25N3O4/c1-12-7-6-8-13(20-12)9-14(17(24)25-5)21-16(23)15(19-11-22)10-18(2,3)4/h6-8,14-15H,9-10H2,1-5H3,(H,21,23). The highest BCUT2D eigenvalue weighted by Crippen LogP contribution is 2.22. The van der Waals surface area contributed by atoms with Crippen LogP contribution in [0.1, 0.15) is 38.6 Å². The van der Waals surface area contributed by atoms with E-state index in [4.69, 9.17) is 4.74 Å². The topological polar surface area (TPSA) is 97.7 Å². The molecule has 0 saturated carbocycles. The second-order valence-corrected chi connectivity index (χ2v) is 7.06. The van der Waals surface area contributed by atoms with Crippen LogP contribution in [0.3, 0.4) is 0 Å². The van der Waals surface area contributed by atoms with Crippen LogP contribution < -0.4 is 5.32 Å². The second kappa shape index (κ2) is 9.08. The molecule has 25 heavy (non-hydrogen) atoms. The van der Waals surface area contributed by atoms with E-state index < -0.39 is 24.0 Å². The Hall–Kier alpha value is -2.53. The van der Waals surface area contributed by atoms with Crippen molar-refractivity contribution in [1.29, 1.82) is 0 Å². The fraction of sp³-hybridized carbons (Fsp3) is 0.556. The van der Waals surface area contributed by atoms with Crippen molar-refractivity contribution in [2.45, 2.75) is 52.6 Å². The summed E-state index contributed by atoms with van der Waals surface area (Å²) in [6.45, 7) is 7.64. The Labute approximate surface area is 147 Å². The van der Waals surface area contributed by atoms with Gasteiger partial charge in [-0.3, -0.25) is 9.78 Å². The molecule has 0 fully saturated rings. The number of aryl methyl sites for hydroxylation is 1. The molecular weight excluding hydrogens is 322 g/mol. The van der Waals surface area contributed by atoms with Crippen molar-refractivity contribution in [3.63, 3.8) is 0 Å². The van der Waals surface area contributed by atoms with Crippen LogP contribution in [-0.2, 0) is 25.5 Å². The van der Waals surface area contributed by atoms with Gasteiger partial charge in [-0.1, -0.05) is 26.8 Å². The summed E-state index contributed by atoms with van der Waals surface area (Å²) in [4.78, 5) is 43.1. The van der Waals surface area contributed by atoms with E-state index in [1.165, 1.54) is 13.2 Å². The molecule has 1 heterocycles. The molecule has 0 bridgehead atoms. The van der Waals surface area contributed by atoms with E-state index in [9.17, 15) is 14.4 Å². The van der Waals surface area contributed by atoms with Crippen molar-refractivity contribution in [2.75, 3.05) is 7.11 Å². The molecule has 2 atom stereocenters. The third-order valence-electron chi connectivity index (χ3n) is 3.48. The zero-order valence-corrected chi connectivity index (χ0v) is 15.3. The lowest BCUT2D eigenvalue weighted by Gasteiger charge is -2.23. The maximum Gasteiger partial charge on any atom is 0.328 e. The van der Waals surface area contributed by atoms with E-state index in [1.807, 2.05) is 39.8 Å². The van der Waals surface area contributed by atoms with Gasteiger partial charge in [-0.05, 0) is 30.9 Å². The van der Waals surface area contributed by atoms with Crippen LogP contribution in [0.25, 0.3) is 0 Å². The van der Waals surface area contributed by atoms with Crippen molar-refractivity contribution < 1.29 is 19.1 Å². The molecule has 1 aromatic heterocycles. The number of amides is 1. The lowest BCUT2D eigenvalue weighted by molar-refractivity contribution is -0.145. The van der Waals surface area contributed by atoms with Crippen LogP contribution in [-0.4, -0.2) is 42.1 Å². The van der Waals surface area contributed by atoms with Gasteiger partial charge >= 0.3 is 5.97 Å². The monoisotopic (exact) mass is 347 g/mol. The smallest absolute Gasteiger partial charge is 0.328 e. The molecule has 0 spiro atoms. The number of esters is 1. The van der Waals surface area contributed by atoms with Gasteiger partial charge in [0, 0.05) is 17.8 Å². The van der Waals surface area contributed by atoms with Crippen molar-refractivity contribution in [3.8, 4) is 0 Å². The Bertz CT molecular complexity index is 661. The highest BCUT2D eigenvalue weighted by molar-refractivity contribution is 5.88. The molecule has 1 aromatic rings. The average Bonchev–Trinajstić information content (AvgIpc) is 2.51. The predicted molar refractivity (Wildman–Crippen MR) is 92.6 cm³/mol. The SMILES string of the molecule is COC(=O)C(Cc1cccc(C)n1)NC(=O)C(CC(C)(C)C)N=C=O. The maximum atomic E-state index is 12.5. The Morgan fingerprint density at radius 1 is 1.36 bits per heavy atom. The number of hydrogen-bond acceptors (Lipinski definition) is 6. The highest BCUT2D eigenvalue weighted by atomic mass is 16.5. The van der Waals surface area contributed by atoms with Gasteiger partial charge in [0.15, 0.2) is 0 Å². The van der Waals surface area contributed by atoms with E-state index in [1.54, 1.807) is 6.07 Å². The summed E-state index contributed by atoms with van der Waals surface area (Å²) in [5.41, 5.74) is 1.24. The van der Waals surface area contributed by atoms with Gasteiger partial charge in [0.05, 0.1) is 7.11 Å². The highest BCUT2D eigenvalue weighted by Gasteiger charge is 2.29. The third-order valence-corrected chi connectivity index (χ3v) is 3.48. The van der Waals surface area contributed by atoms with Gasteiger partial charge < -0.3 is 10.1 Å². The number of methoxy groups -OCH3 is 1. The fourth-order valence-corrected chi connectivity index (χ4v) is 2.37. The summed E-state index contributed by atoms with van der Waals surface area (Å²) in [6.07, 6.45) is 1.97. The number of ether oxygens (including phenoxy) is 1. The summed E-state index contributed by atoms with van der Waals surface area (Å²) in [6, 6.07) is 3.62. The number of aliphatic imine (C=N–C) groups is 1. The maximum absolute atomic E-state index is 12.5. The van der Waals surface area contributed by atoms with Gasteiger partial charge in [0.1, 0.15) is 12.1 Å². The first-order valence-electron chi connectivity index (χ1n) is 8.04. The number of rotatable bonds is 7. The number of carbonyl (C=O) groups excluding carboxylic acids is 3. The summed E-state index contributed by atoms with van der Waals surface area (Å²) >= 11 is 0. The van der Waals surface area contributed by atoms with E-state index >= 15 is 0 Å². The van der Waals surface area contributed by atoms with Crippen LogP contribution in [0.2, 0.25) is 0 Å². The van der Waals surface area contributed by atoms with E-state index in [0.29, 0.717) is 12.1 Å². The van der Waals surface area contributed by atoms with Crippen molar-refractivity contribution >= 4 is 18.0 Å². The zero-order chi connectivity index (χ0) is 19.0. The molecular formula is C18H25N3O4. The molecule has 1 rings (SSSR count). The molecule has 136 valence electrons. The lowest BCUT2D eigenvalue weighted by atomic mass is 9.88. The minimum atomic E-state index is -0.907. The first-order chi connectivity index (χ1) is 11.7. The molecule has 1 N–H and O–H groups in total. The number of pyridine rings is 1. The number of carbonyl (C=O) groups is 2. The summed E-state index contributed by atoms with van der Waals surface area (Å²) in [7, 11) is 1.25. The number of isocyanates is 1. The molecule has 0 radical (unpaired) electrons. The predicted octanol–water partition coefficient (Wildman–Crippen LogP) is 1.73. The summed E-state index contributed by atoms with van der Waals surface area (Å²) < 4.78 is 4.77. The Balaban J connectivity index is 2.94. The number of hydrogen-bond donors (Lipinski definition) is 1. The fourth-order valence-electron chi connectivity index (χ4n) is 2.37. The molecule has 0 aliphatic heterocycles. The molecule has 0 aliphatic rings. The van der Waals surface area contributed by atoms with Crippen LogP contribution in [0.15, 0.2) is 23.2 Å². The second-order valence-electron chi connectivity index (χ2n) is 7.06. The van der Waals surface area contributed by atoms with Gasteiger partial charge in [0.2, 0.25) is 12.0 Å². The minimum Gasteiger partial charge on any atom is -0.467 e. The molecule has 7 nitrogen and oxygen atoms in total. The Morgan fingerprint density at radius 2 is 2.04 bits per heavy atom. The van der Waals surface area contributed by atoms with Crippen molar-refractivity contribution in [3.05, 3.63) is 29.6 Å². The van der Waals surface area contributed by atoms with Gasteiger partial charge in [-0.2, -0.15) is 4.99 Å². The van der Waals surface area contributed by atoms with E-state index in [2.05, 4.69) is 15.3 Å². The van der Waals surface area contributed by atoms with E-state index in [-0.39, 0.29) is 11.8 Å². The number of nitrogens with one attached hydrogen (secondary N) is 1. The van der Waals surface area contributed by atoms with Crippen LogP contribution in [0.5, 0.6) is 0 Å². The first kappa shape index (κ1) is 20.5. The molecule has 0 aliphatic carbocycles. The lowest BCUT2D eigenvalue weighted by Crippen LogP contribution is -2.47. The van der Waals surface area contributed by atoms with Crippen molar-refractivity contribution in [1.82, 2.24) is 10.3 Å². The number of aromatic nitrogens is 1. The van der Waals surface area contributed by atoms with Crippen LogP contribution in [0.4, 0.5) is 0 Å². The van der Waals surface area contributed by atoms with Crippen LogP contribution in [0, 0.1) is 12.3 Å². The molecule has 7 heteroatoms. The molecule has 0 saturated heterocycles. The number of nitrogens with zero attached hydrogens (tertiary/aromatic N) is 2. The largest absolute Gasteiger partial charge is 0.467 e. The molecule has 2 unspecified atom stereocenters. The van der Waals surface area contributed by atoms with Gasteiger partial charge in [-0.15, -0.1) is 0 Å². The average molecular weight is 347 g/mol. The Morgan fingerprint density at radius 3 is 2.56 bits per heavy atom. The molecule has 0 aromatic carbocycles. The van der Waals surface area contributed by atoms with Gasteiger partial charge in [-0.25, -0.2) is 9.59 Å². The van der Waals surface area contributed by atoms with E-state index in [0.717, 1.165) is 5.69 Å². The van der Waals surface area contributed by atoms with Crippen molar-refractivity contribution in [2.24, 2.45) is 10.4 Å². The normalized spacial score (nSPS) is 13.3. The minimum absolute atomic E-state index is 0.188. The summed E-state index contributed by atoms with van der Waals surface area (Å²) in [5.74, 6) is -1.09. The quantitative estimate of drug-likeness (QED) is 0.460. The summed E-state index contributed by atoms with van der Waals surface area (Å²) in [5, 5.41) is 2.62. The van der Waals surface area contributed by atoms with Crippen LogP contribution >= 0.6 is 0 Å².